The lowest BCUT2D eigenvalue weighted by molar-refractivity contribution is -0.141. The minimum atomic E-state index is -0.883. The van der Waals surface area contributed by atoms with Gasteiger partial charge in [0, 0.05) is 5.69 Å². The highest BCUT2D eigenvalue weighted by atomic mass is 32.1. The van der Waals surface area contributed by atoms with E-state index in [9.17, 15) is 19.2 Å². The number of imide groups is 1. The molecule has 1 aromatic carbocycles. The van der Waals surface area contributed by atoms with Crippen LogP contribution in [0, 0.1) is 5.92 Å². The molecule has 2 aromatic rings. The molecule has 1 spiro atoms. The van der Waals surface area contributed by atoms with Crippen LogP contribution in [-0.2, 0) is 9.59 Å². The summed E-state index contributed by atoms with van der Waals surface area (Å²) in [6, 6.07) is 9.27. The quantitative estimate of drug-likeness (QED) is 0.420. The molecule has 1 aliphatic heterocycles. The molecule has 1 saturated carbocycles. The molecule has 0 bridgehead atoms. The number of hydrogen-bond acceptors (Lipinski definition) is 6. The van der Waals surface area contributed by atoms with Crippen molar-refractivity contribution in [2.24, 2.45) is 5.92 Å². The van der Waals surface area contributed by atoms with Crippen molar-refractivity contribution in [3.63, 3.8) is 0 Å². The summed E-state index contributed by atoms with van der Waals surface area (Å²) in [6.45, 7) is 1.68. The number of urea groups is 1. The number of thiophene rings is 1. The maximum Gasteiger partial charge on any atom is 0.331 e. The van der Waals surface area contributed by atoms with E-state index in [0.717, 1.165) is 17.7 Å². The number of benzene rings is 1. The van der Waals surface area contributed by atoms with Gasteiger partial charge in [0.15, 0.2) is 0 Å². The Kier molecular flexibility index (Phi) is 5.77. The van der Waals surface area contributed by atoms with Crippen molar-refractivity contribution in [3.8, 4) is 5.75 Å². The van der Waals surface area contributed by atoms with Gasteiger partial charge < -0.3 is 15.4 Å². The van der Waals surface area contributed by atoms with Crippen LogP contribution >= 0.6 is 11.3 Å². The minimum Gasteiger partial charge on any atom is -0.425 e. The third-order valence-electron chi connectivity index (χ3n) is 5.75. The number of esters is 1. The van der Waals surface area contributed by atoms with Gasteiger partial charge in [0.1, 0.15) is 17.8 Å². The van der Waals surface area contributed by atoms with Crippen LogP contribution in [0.3, 0.4) is 0 Å². The van der Waals surface area contributed by atoms with Crippen molar-refractivity contribution >= 4 is 40.8 Å². The minimum absolute atomic E-state index is 0.218. The zero-order valence-electron chi connectivity index (χ0n) is 17.1. The van der Waals surface area contributed by atoms with Crippen molar-refractivity contribution in [1.82, 2.24) is 10.2 Å². The van der Waals surface area contributed by atoms with Gasteiger partial charge in [0.25, 0.3) is 11.8 Å². The first-order chi connectivity index (χ1) is 14.9. The average Bonchev–Trinajstić information content (AvgIpc) is 3.36. The number of ether oxygens (including phenoxy) is 1. The number of nitrogens with zero attached hydrogens (tertiary/aromatic N) is 1. The molecule has 0 atom stereocenters. The average molecular weight is 442 g/mol. The zero-order valence-corrected chi connectivity index (χ0v) is 17.9. The number of anilines is 1. The van der Waals surface area contributed by atoms with Gasteiger partial charge in [-0.3, -0.25) is 14.5 Å². The molecule has 2 N–H and O–H groups in total. The molecule has 1 aliphatic carbocycles. The van der Waals surface area contributed by atoms with Gasteiger partial charge in [-0.1, -0.05) is 13.0 Å². The van der Waals surface area contributed by atoms with E-state index < -0.39 is 24.1 Å². The van der Waals surface area contributed by atoms with Crippen LogP contribution in [0.1, 0.15) is 42.3 Å². The first kappa shape index (κ1) is 21.0. The Bertz CT molecular complexity index is 995. The Balaban J connectivity index is 1.33. The van der Waals surface area contributed by atoms with Crippen molar-refractivity contribution in [2.75, 3.05) is 11.9 Å². The molecule has 0 unspecified atom stereocenters. The summed E-state index contributed by atoms with van der Waals surface area (Å²) in [5, 5.41) is 7.36. The highest BCUT2D eigenvalue weighted by molar-refractivity contribution is 7.12. The Morgan fingerprint density at radius 1 is 1.19 bits per heavy atom. The van der Waals surface area contributed by atoms with Crippen LogP contribution in [0.15, 0.2) is 41.8 Å². The molecule has 4 amide bonds. The number of carbonyl (C=O) groups is 4. The summed E-state index contributed by atoms with van der Waals surface area (Å²) in [4.78, 5) is 51.1. The Labute approximate surface area is 183 Å². The maximum atomic E-state index is 12.8. The van der Waals surface area contributed by atoms with E-state index in [1.165, 1.54) is 23.5 Å². The smallest absolute Gasteiger partial charge is 0.331 e. The third-order valence-corrected chi connectivity index (χ3v) is 6.62. The lowest BCUT2D eigenvalue weighted by Gasteiger charge is -2.33. The first-order valence-corrected chi connectivity index (χ1v) is 11.0. The number of hydrogen-bond donors (Lipinski definition) is 2. The second-order valence-corrected chi connectivity index (χ2v) is 8.96. The lowest BCUT2D eigenvalue weighted by atomic mass is 9.77. The van der Waals surface area contributed by atoms with E-state index in [4.69, 9.17) is 4.74 Å². The maximum absolute atomic E-state index is 12.8. The summed E-state index contributed by atoms with van der Waals surface area (Å²) in [7, 11) is 0. The van der Waals surface area contributed by atoms with E-state index in [1.807, 2.05) is 5.38 Å². The molecule has 9 heteroatoms. The second-order valence-electron chi connectivity index (χ2n) is 8.02. The highest BCUT2D eigenvalue weighted by Crippen LogP contribution is 2.36. The summed E-state index contributed by atoms with van der Waals surface area (Å²) in [6.07, 6.45) is 2.89. The van der Waals surface area contributed by atoms with E-state index in [2.05, 4.69) is 17.6 Å². The van der Waals surface area contributed by atoms with Crippen LogP contribution in [0.4, 0.5) is 10.5 Å². The van der Waals surface area contributed by atoms with Crippen LogP contribution in [0.2, 0.25) is 0 Å². The number of nitrogens with one attached hydrogen (secondary N) is 2. The monoisotopic (exact) mass is 441 g/mol. The summed E-state index contributed by atoms with van der Waals surface area (Å²) < 4.78 is 5.27. The number of carbonyl (C=O) groups excluding carboxylic acids is 4. The third kappa shape index (κ3) is 4.46. The summed E-state index contributed by atoms with van der Waals surface area (Å²) in [5.74, 6) is -0.503. The molecular weight excluding hydrogens is 418 g/mol. The zero-order chi connectivity index (χ0) is 22.0. The molecule has 4 rings (SSSR count). The van der Waals surface area contributed by atoms with Gasteiger partial charge >= 0.3 is 12.0 Å². The van der Waals surface area contributed by atoms with Crippen molar-refractivity contribution in [1.29, 1.82) is 0 Å². The fourth-order valence-electron chi connectivity index (χ4n) is 3.91. The molecule has 1 aromatic heterocycles. The van der Waals surface area contributed by atoms with Gasteiger partial charge in [0.05, 0.1) is 4.88 Å². The van der Waals surface area contributed by atoms with E-state index >= 15 is 0 Å². The molecular formula is C22H23N3O5S. The van der Waals surface area contributed by atoms with Gasteiger partial charge in [-0.25, -0.2) is 9.59 Å². The van der Waals surface area contributed by atoms with Gasteiger partial charge in [-0.2, -0.15) is 0 Å². The van der Waals surface area contributed by atoms with E-state index in [-0.39, 0.29) is 17.6 Å². The highest BCUT2D eigenvalue weighted by Gasteiger charge is 2.52. The normalized spacial score (nSPS) is 23.0. The molecule has 162 valence electrons. The molecule has 1 saturated heterocycles. The van der Waals surface area contributed by atoms with Crippen LogP contribution in [-0.4, -0.2) is 40.8 Å². The van der Waals surface area contributed by atoms with E-state index in [0.29, 0.717) is 29.3 Å². The standard InChI is InChI=1S/C22H23N3O5S/c1-14-8-10-22(11-9-14)20(28)25(21(29)24-22)13-18(26)30-16-6-4-15(5-7-16)23-19(27)17-3-2-12-31-17/h2-7,12,14H,8-11,13H2,1H3,(H,23,27)(H,24,29). The predicted octanol–water partition coefficient (Wildman–Crippen LogP) is 3.41. The molecule has 2 heterocycles. The lowest BCUT2D eigenvalue weighted by Crippen LogP contribution is -2.49. The topological polar surface area (TPSA) is 105 Å². The fraction of sp³-hybridized carbons (Fsp3) is 0.364. The molecule has 31 heavy (non-hydrogen) atoms. The van der Waals surface area contributed by atoms with Crippen molar-refractivity contribution in [3.05, 3.63) is 46.7 Å². The Morgan fingerprint density at radius 3 is 2.55 bits per heavy atom. The van der Waals surface area contributed by atoms with Gasteiger partial charge in [-0.05, 0) is 67.3 Å². The van der Waals surface area contributed by atoms with Crippen LogP contribution in [0.5, 0.6) is 5.75 Å². The van der Waals surface area contributed by atoms with Crippen LogP contribution in [0.25, 0.3) is 0 Å². The largest absolute Gasteiger partial charge is 0.425 e. The predicted molar refractivity (Wildman–Crippen MR) is 115 cm³/mol. The van der Waals surface area contributed by atoms with E-state index in [1.54, 1.807) is 24.3 Å². The molecule has 0 radical (unpaired) electrons. The van der Waals surface area contributed by atoms with Gasteiger partial charge in [-0.15, -0.1) is 11.3 Å². The molecule has 2 aliphatic rings. The van der Waals surface area contributed by atoms with Crippen molar-refractivity contribution in [2.45, 2.75) is 38.1 Å². The SMILES string of the molecule is CC1CCC2(CC1)NC(=O)N(CC(=O)Oc1ccc(NC(=O)c3cccs3)cc1)C2=O. The van der Waals surface area contributed by atoms with Gasteiger partial charge in [0.2, 0.25) is 0 Å². The first-order valence-electron chi connectivity index (χ1n) is 10.2. The number of rotatable bonds is 5. The summed E-state index contributed by atoms with van der Waals surface area (Å²) in [5.41, 5.74) is -0.326. The number of amides is 4. The summed E-state index contributed by atoms with van der Waals surface area (Å²) >= 11 is 1.34. The van der Waals surface area contributed by atoms with Crippen molar-refractivity contribution < 1.29 is 23.9 Å². The second kappa shape index (κ2) is 8.50. The Morgan fingerprint density at radius 2 is 1.90 bits per heavy atom. The van der Waals surface area contributed by atoms with Crippen LogP contribution < -0.4 is 15.4 Å². The Hall–Kier alpha value is -3.20. The molecule has 2 fully saturated rings. The molecule has 8 nitrogen and oxygen atoms in total. The fourth-order valence-corrected chi connectivity index (χ4v) is 4.53.